The quantitative estimate of drug-likeness (QED) is 0.538. The maximum atomic E-state index is 12.8. The highest BCUT2D eigenvalue weighted by atomic mass is 16.5. The molecule has 0 bridgehead atoms. The summed E-state index contributed by atoms with van der Waals surface area (Å²) in [6.45, 7) is 0.382. The van der Waals surface area contributed by atoms with Gasteiger partial charge in [-0.1, -0.05) is 12.1 Å². The molecule has 2 N–H and O–H groups in total. The molecule has 0 aliphatic heterocycles. The van der Waals surface area contributed by atoms with Crippen molar-refractivity contribution in [2.45, 2.75) is 13.0 Å². The minimum atomic E-state index is -0.335. The molecule has 0 saturated heterocycles. The predicted octanol–water partition coefficient (Wildman–Crippen LogP) is 2.63. The number of aromatic nitrogens is 2. The number of anilines is 2. The van der Waals surface area contributed by atoms with Gasteiger partial charge in [0.2, 0.25) is 11.8 Å². The molecule has 1 heterocycles. The molecule has 0 unspecified atom stereocenters. The highest BCUT2D eigenvalue weighted by Crippen LogP contribution is 2.17. The Balaban J connectivity index is 1.54. The number of hydrogen-bond acceptors (Lipinski definition) is 5. The molecule has 3 rings (SSSR count). The summed E-state index contributed by atoms with van der Waals surface area (Å²) in [5.74, 6) is -0.219. The molecular formula is C23H25N5O4. The normalized spacial score (nSPS) is 10.3. The Morgan fingerprint density at radius 2 is 1.75 bits per heavy atom. The van der Waals surface area contributed by atoms with Crippen LogP contribution in [-0.2, 0) is 16.1 Å². The van der Waals surface area contributed by atoms with Gasteiger partial charge in [-0.3, -0.25) is 14.4 Å². The van der Waals surface area contributed by atoms with E-state index in [-0.39, 0.29) is 30.7 Å². The van der Waals surface area contributed by atoms with E-state index in [0.717, 1.165) is 0 Å². The van der Waals surface area contributed by atoms with Crippen molar-refractivity contribution >= 4 is 29.1 Å². The Hall–Kier alpha value is -4.14. The van der Waals surface area contributed by atoms with Crippen molar-refractivity contribution in [3.63, 3.8) is 0 Å². The van der Waals surface area contributed by atoms with E-state index in [9.17, 15) is 14.4 Å². The molecule has 166 valence electrons. The van der Waals surface area contributed by atoms with E-state index >= 15 is 0 Å². The Morgan fingerprint density at radius 1 is 1.03 bits per heavy atom. The van der Waals surface area contributed by atoms with Crippen LogP contribution in [0.4, 0.5) is 11.4 Å². The predicted molar refractivity (Wildman–Crippen MR) is 120 cm³/mol. The van der Waals surface area contributed by atoms with Gasteiger partial charge in [-0.25, -0.2) is 4.98 Å². The largest absolute Gasteiger partial charge is 0.497 e. The lowest BCUT2D eigenvalue weighted by molar-refractivity contribution is -0.117. The van der Waals surface area contributed by atoms with Crippen LogP contribution in [0.1, 0.15) is 16.8 Å². The Kier molecular flexibility index (Phi) is 7.58. The maximum Gasteiger partial charge on any atom is 0.254 e. The number of rotatable bonds is 9. The summed E-state index contributed by atoms with van der Waals surface area (Å²) in [5.41, 5.74) is 1.46. The molecule has 32 heavy (non-hydrogen) atoms. The van der Waals surface area contributed by atoms with Gasteiger partial charge in [-0.05, 0) is 30.3 Å². The van der Waals surface area contributed by atoms with E-state index in [1.165, 1.54) is 4.90 Å². The van der Waals surface area contributed by atoms with Crippen LogP contribution in [0.3, 0.4) is 0 Å². The molecule has 2 aromatic carbocycles. The number of likely N-dealkylation sites (N-methyl/N-ethyl adjacent to an activating group) is 1. The lowest BCUT2D eigenvalue weighted by Gasteiger charge is -2.17. The molecule has 3 amide bonds. The van der Waals surface area contributed by atoms with Crippen molar-refractivity contribution in [2.75, 3.05) is 31.3 Å². The zero-order chi connectivity index (χ0) is 22.9. The number of carbonyl (C=O) groups excluding carboxylic acids is 3. The van der Waals surface area contributed by atoms with Crippen molar-refractivity contribution < 1.29 is 19.1 Å². The number of imidazole rings is 1. The summed E-state index contributed by atoms with van der Waals surface area (Å²) >= 11 is 0. The van der Waals surface area contributed by atoms with Gasteiger partial charge in [0.05, 0.1) is 20.0 Å². The van der Waals surface area contributed by atoms with Crippen LogP contribution in [0.5, 0.6) is 5.75 Å². The third-order valence-electron chi connectivity index (χ3n) is 4.63. The average Bonchev–Trinajstić information content (AvgIpc) is 3.31. The van der Waals surface area contributed by atoms with Crippen molar-refractivity contribution in [2.24, 2.45) is 0 Å². The first-order chi connectivity index (χ1) is 15.4. The fraction of sp³-hybridized carbons (Fsp3) is 0.217. The monoisotopic (exact) mass is 435 g/mol. The molecule has 1 aromatic heterocycles. The molecule has 9 nitrogen and oxygen atoms in total. The molecule has 3 aromatic rings. The number of aryl methyl sites for hydroxylation is 1. The van der Waals surface area contributed by atoms with Crippen LogP contribution >= 0.6 is 0 Å². The van der Waals surface area contributed by atoms with Crippen molar-refractivity contribution in [3.8, 4) is 5.75 Å². The molecule has 0 fully saturated rings. The third kappa shape index (κ3) is 6.43. The molecule has 0 saturated carbocycles. The first-order valence-corrected chi connectivity index (χ1v) is 9.99. The second-order valence-electron chi connectivity index (χ2n) is 7.12. The Morgan fingerprint density at radius 3 is 2.47 bits per heavy atom. The molecule has 9 heteroatoms. The Labute approximate surface area is 186 Å². The number of nitrogens with zero attached hydrogens (tertiary/aromatic N) is 3. The number of benzene rings is 2. The highest BCUT2D eigenvalue weighted by Gasteiger charge is 2.16. The number of amides is 3. The van der Waals surface area contributed by atoms with Gasteiger partial charge in [0.1, 0.15) is 5.75 Å². The van der Waals surface area contributed by atoms with Gasteiger partial charge >= 0.3 is 0 Å². The summed E-state index contributed by atoms with van der Waals surface area (Å²) < 4.78 is 6.95. The number of ether oxygens (including phenoxy) is 1. The number of carbonyl (C=O) groups is 3. The van der Waals surface area contributed by atoms with E-state index in [0.29, 0.717) is 29.2 Å². The molecule has 0 aliphatic rings. The first kappa shape index (κ1) is 22.5. The average molecular weight is 435 g/mol. The number of nitrogens with one attached hydrogen (secondary N) is 2. The van der Waals surface area contributed by atoms with E-state index in [4.69, 9.17) is 4.74 Å². The third-order valence-corrected chi connectivity index (χ3v) is 4.63. The van der Waals surface area contributed by atoms with Gasteiger partial charge in [0.15, 0.2) is 0 Å². The van der Waals surface area contributed by atoms with E-state index in [1.54, 1.807) is 81.4 Å². The van der Waals surface area contributed by atoms with Gasteiger partial charge < -0.3 is 24.8 Å². The van der Waals surface area contributed by atoms with Gasteiger partial charge in [-0.2, -0.15) is 0 Å². The summed E-state index contributed by atoms with van der Waals surface area (Å²) in [7, 11) is 3.09. The second kappa shape index (κ2) is 10.8. The molecule has 0 radical (unpaired) electrons. The number of hydrogen-bond donors (Lipinski definition) is 2. The van der Waals surface area contributed by atoms with Gasteiger partial charge in [0.25, 0.3) is 5.91 Å². The van der Waals surface area contributed by atoms with Crippen molar-refractivity contribution in [1.29, 1.82) is 0 Å². The molecule has 0 atom stereocenters. The van der Waals surface area contributed by atoms with Crippen LogP contribution in [-0.4, -0.2) is 52.9 Å². The van der Waals surface area contributed by atoms with Crippen LogP contribution in [0, 0.1) is 0 Å². The SMILES string of the molecule is COc1cccc(NC(=O)CN(C)C(=O)c2cccc(NC(=O)CCn3ccnc3)c2)c1. The lowest BCUT2D eigenvalue weighted by atomic mass is 10.1. The van der Waals surface area contributed by atoms with E-state index in [2.05, 4.69) is 15.6 Å². The lowest BCUT2D eigenvalue weighted by Crippen LogP contribution is -2.35. The van der Waals surface area contributed by atoms with E-state index in [1.807, 2.05) is 4.57 Å². The maximum absolute atomic E-state index is 12.8. The van der Waals surface area contributed by atoms with Crippen molar-refractivity contribution in [1.82, 2.24) is 14.5 Å². The van der Waals surface area contributed by atoms with Crippen LogP contribution in [0.25, 0.3) is 0 Å². The summed E-state index contributed by atoms with van der Waals surface area (Å²) in [6, 6.07) is 13.6. The minimum absolute atomic E-state index is 0.127. The Bertz CT molecular complexity index is 1080. The zero-order valence-electron chi connectivity index (χ0n) is 17.9. The highest BCUT2D eigenvalue weighted by molar-refractivity contribution is 6.00. The smallest absolute Gasteiger partial charge is 0.254 e. The summed E-state index contributed by atoms with van der Waals surface area (Å²) in [6.07, 6.45) is 5.36. The van der Waals surface area contributed by atoms with Crippen LogP contribution in [0.2, 0.25) is 0 Å². The van der Waals surface area contributed by atoms with Gasteiger partial charge in [-0.15, -0.1) is 0 Å². The van der Waals surface area contributed by atoms with E-state index < -0.39 is 0 Å². The summed E-state index contributed by atoms with van der Waals surface area (Å²) in [4.78, 5) is 42.5. The van der Waals surface area contributed by atoms with Crippen molar-refractivity contribution in [3.05, 3.63) is 72.8 Å². The fourth-order valence-corrected chi connectivity index (χ4v) is 3.01. The molecular weight excluding hydrogens is 410 g/mol. The second-order valence-corrected chi connectivity index (χ2v) is 7.12. The van der Waals surface area contributed by atoms with Gasteiger partial charge in [0, 0.05) is 55.4 Å². The van der Waals surface area contributed by atoms with Crippen LogP contribution < -0.4 is 15.4 Å². The summed E-state index contributed by atoms with van der Waals surface area (Å²) in [5, 5.41) is 5.53. The standard InChI is InChI=1S/C23H25N5O4/c1-27(15-22(30)26-19-7-4-8-20(14-19)32-2)23(31)17-5-3-6-18(13-17)25-21(29)9-11-28-12-10-24-16-28/h3-8,10,12-14,16H,9,11,15H2,1-2H3,(H,25,29)(H,26,30). The molecule has 0 spiro atoms. The first-order valence-electron chi connectivity index (χ1n) is 9.99. The minimum Gasteiger partial charge on any atom is -0.497 e. The number of methoxy groups -OCH3 is 1. The topological polar surface area (TPSA) is 106 Å². The molecule has 0 aliphatic carbocycles. The fourth-order valence-electron chi connectivity index (χ4n) is 3.01. The zero-order valence-corrected chi connectivity index (χ0v) is 17.9. The van der Waals surface area contributed by atoms with Crippen LogP contribution in [0.15, 0.2) is 67.3 Å².